The van der Waals surface area contributed by atoms with E-state index in [2.05, 4.69) is 5.32 Å². The fraction of sp³-hybridized carbons (Fsp3) is 0.125. The Morgan fingerprint density at radius 1 is 1.29 bits per heavy atom. The summed E-state index contributed by atoms with van der Waals surface area (Å²) >= 11 is 0. The Hall–Kier alpha value is -2.71. The van der Waals surface area contributed by atoms with Gasteiger partial charge in [-0.1, -0.05) is 30.3 Å². The normalized spacial score (nSPS) is 11.5. The summed E-state index contributed by atoms with van der Waals surface area (Å²) in [5.41, 5.74) is 7.12. The highest BCUT2D eigenvalue weighted by Crippen LogP contribution is 2.16. The van der Waals surface area contributed by atoms with E-state index < -0.39 is 17.8 Å². The number of carbonyl (C=O) groups is 1. The number of nitrogens with one attached hydrogen (secondary N) is 1. The van der Waals surface area contributed by atoms with Gasteiger partial charge in [-0.3, -0.25) is 4.79 Å². The summed E-state index contributed by atoms with van der Waals surface area (Å²) in [6.07, 6.45) is 0.385. The van der Waals surface area contributed by atoms with Crippen LogP contribution in [0, 0.1) is 17.1 Å². The minimum absolute atomic E-state index is 0.0651. The van der Waals surface area contributed by atoms with E-state index in [9.17, 15) is 9.18 Å². The van der Waals surface area contributed by atoms with Gasteiger partial charge in [0.1, 0.15) is 11.9 Å². The Kier molecular flexibility index (Phi) is 4.64. The van der Waals surface area contributed by atoms with Crippen molar-refractivity contribution in [3.63, 3.8) is 0 Å². The molecule has 0 aliphatic heterocycles. The van der Waals surface area contributed by atoms with Crippen molar-refractivity contribution in [3.8, 4) is 6.07 Å². The molecule has 0 fully saturated rings. The number of hydrogen-bond acceptors (Lipinski definition) is 3. The van der Waals surface area contributed by atoms with Crippen LogP contribution < -0.4 is 11.1 Å². The first kappa shape index (κ1) is 14.7. The Morgan fingerprint density at radius 2 is 2.00 bits per heavy atom. The summed E-state index contributed by atoms with van der Waals surface area (Å²) in [6.45, 7) is 0. The minimum atomic E-state index is -0.746. The van der Waals surface area contributed by atoms with Crippen LogP contribution >= 0.6 is 0 Å². The summed E-state index contributed by atoms with van der Waals surface area (Å²) in [4.78, 5) is 12.0. The van der Waals surface area contributed by atoms with Gasteiger partial charge in [0, 0.05) is 0 Å². The second-order valence-electron chi connectivity index (χ2n) is 4.59. The summed E-state index contributed by atoms with van der Waals surface area (Å²) < 4.78 is 13.0. The lowest BCUT2D eigenvalue weighted by Gasteiger charge is -2.13. The molecule has 0 bridgehead atoms. The highest BCUT2D eigenvalue weighted by molar-refractivity contribution is 5.95. The molecule has 3 N–H and O–H groups in total. The van der Waals surface area contributed by atoms with Crippen LogP contribution in [0.1, 0.15) is 11.1 Å². The van der Waals surface area contributed by atoms with Gasteiger partial charge in [-0.15, -0.1) is 0 Å². The van der Waals surface area contributed by atoms with Gasteiger partial charge in [0.25, 0.3) is 0 Å². The van der Waals surface area contributed by atoms with Gasteiger partial charge in [0.2, 0.25) is 5.91 Å². The summed E-state index contributed by atoms with van der Waals surface area (Å²) in [7, 11) is 0. The number of anilines is 1. The lowest BCUT2D eigenvalue weighted by molar-refractivity contribution is -0.117. The second kappa shape index (κ2) is 6.64. The molecule has 1 atom stereocenters. The average molecular weight is 283 g/mol. The zero-order chi connectivity index (χ0) is 15.2. The first-order valence-electron chi connectivity index (χ1n) is 6.40. The molecule has 0 saturated carbocycles. The van der Waals surface area contributed by atoms with Crippen molar-refractivity contribution >= 4 is 11.6 Å². The molecule has 2 rings (SSSR count). The van der Waals surface area contributed by atoms with Crippen LogP contribution in [0.3, 0.4) is 0 Å². The fourth-order valence-electron chi connectivity index (χ4n) is 1.90. The highest BCUT2D eigenvalue weighted by atomic mass is 19.1. The van der Waals surface area contributed by atoms with Gasteiger partial charge in [-0.25, -0.2) is 4.39 Å². The van der Waals surface area contributed by atoms with Crippen LogP contribution in [0.5, 0.6) is 0 Å². The van der Waals surface area contributed by atoms with Crippen LogP contribution in [0.15, 0.2) is 48.5 Å². The number of carbonyl (C=O) groups excluding carboxylic acids is 1. The third-order valence-electron chi connectivity index (χ3n) is 3.00. The van der Waals surface area contributed by atoms with E-state index >= 15 is 0 Å². The maximum absolute atomic E-state index is 13.0. The summed E-state index contributed by atoms with van der Waals surface area (Å²) in [5.74, 6) is -0.944. The molecule has 0 saturated heterocycles. The number of nitriles is 1. The topological polar surface area (TPSA) is 78.9 Å². The standard InChI is InChI=1S/C16H14FN3O/c17-13-6-7-15(12(9-13)10-18)20-16(21)14(19)8-11-4-2-1-3-5-11/h1-7,9,14H,8,19H2,(H,20,21)/t14-/m0/s1. The molecule has 0 aliphatic carbocycles. The van der Waals surface area contributed by atoms with Crippen molar-refractivity contribution in [2.24, 2.45) is 5.73 Å². The SMILES string of the molecule is N#Cc1cc(F)ccc1NC(=O)[C@@H](N)Cc1ccccc1. The van der Waals surface area contributed by atoms with Crippen molar-refractivity contribution in [2.45, 2.75) is 12.5 Å². The van der Waals surface area contributed by atoms with Crippen molar-refractivity contribution < 1.29 is 9.18 Å². The number of benzene rings is 2. The predicted octanol–water partition coefficient (Wildman–Crippen LogP) is 2.21. The molecule has 5 heteroatoms. The number of nitrogens with two attached hydrogens (primary N) is 1. The molecule has 0 radical (unpaired) electrons. The largest absolute Gasteiger partial charge is 0.324 e. The molecule has 106 valence electrons. The average Bonchev–Trinajstić information content (AvgIpc) is 2.49. The van der Waals surface area contributed by atoms with Gasteiger partial charge in [0.15, 0.2) is 0 Å². The third-order valence-corrected chi connectivity index (χ3v) is 3.00. The van der Waals surface area contributed by atoms with E-state index in [0.717, 1.165) is 11.6 Å². The summed E-state index contributed by atoms with van der Waals surface area (Å²) in [6, 6.07) is 14.1. The molecule has 2 aromatic carbocycles. The molecule has 4 nitrogen and oxygen atoms in total. The van der Waals surface area contributed by atoms with Gasteiger partial charge in [-0.05, 0) is 30.2 Å². The van der Waals surface area contributed by atoms with E-state index in [1.54, 1.807) is 0 Å². The van der Waals surface area contributed by atoms with Crippen LogP contribution in [0.4, 0.5) is 10.1 Å². The number of rotatable bonds is 4. The number of hydrogen-bond donors (Lipinski definition) is 2. The van der Waals surface area contributed by atoms with Gasteiger partial charge in [-0.2, -0.15) is 5.26 Å². The van der Waals surface area contributed by atoms with Crippen LogP contribution in [-0.2, 0) is 11.2 Å². The summed E-state index contributed by atoms with van der Waals surface area (Å²) in [5, 5.41) is 11.5. The molecule has 0 aromatic heterocycles. The highest BCUT2D eigenvalue weighted by Gasteiger charge is 2.16. The van der Waals surface area contributed by atoms with E-state index in [1.807, 2.05) is 36.4 Å². The van der Waals surface area contributed by atoms with Crippen molar-refractivity contribution in [1.82, 2.24) is 0 Å². The number of amides is 1. The van der Waals surface area contributed by atoms with Gasteiger partial charge >= 0.3 is 0 Å². The van der Waals surface area contributed by atoms with Gasteiger partial charge < -0.3 is 11.1 Å². The lowest BCUT2D eigenvalue weighted by atomic mass is 10.1. The zero-order valence-electron chi connectivity index (χ0n) is 11.2. The molecular weight excluding hydrogens is 269 g/mol. The first-order chi connectivity index (χ1) is 10.1. The Bertz CT molecular complexity index is 680. The van der Waals surface area contributed by atoms with E-state index in [0.29, 0.717) is 6.42 Å². The van der Waals surface area contributed by atoms with Crippen molar-refractivity contribution in [1.29, 1.82) is 5.26 Å². The Morgan fingerprint density at radius 3 is 2.67 bits per heavy atom. The molecule has 1 amide bonds. The van der Waals surface area contributed by atoms with Gasteiger partial charge in [0.05, 0.1) is 17.3 Å². The predicted molar refractivity (Wildman–Crippen MR) is 77.9 cm³/mol. The van der Waals surface area contributed by atoms with Crippen LogP contribution in [0.2, 0.25) is 0 Å². The third kappa shape index (κ3) is 3.88. The molecule has 0 spiro atoms. The Balaban J connectivity index is 2.06. The van der Waals surface area contributed by atoms with Crippen LogP contribution in [-0.4, -0.2) is 11.9 Å². The molecule has 0 unspecified atom stereocenters. The van der Waals surface area contributed by atoms with E-state index in [-0.39, 0.29) is 11.3 Å². The fourth-order valence-corrected chi connectivity index (χ4v) is 1.90. The Labute approximate surface area is 122 Å². The number of nitrogens with zero attached hydrogens (tertiary/aromatic N) is 1. The molecular formula is C16H14FN3O. The van der Waals surface area contributed by atoms with Crippen LogP contribution in [0.25, 0.3) is 0 Å². The maximum atomic E-state index is 13.0. The molecule has 0 heterocycles. The monoisotopic (exact) mass is 283 g/mol. The molecule has 0 aliphatic rings. The smallest absolute Gasteiger partial charge is 0.241 e. The van der Waals surface area contributed by atoms with Crippen molar-refractivity contribution in [3.05, 3.63) is 65.5 Å². The van der Waals surface area contributed by atoms with E-state index in [4.69, 9.17) is 11.0 Å². The second-order valence-corrected chi connectivity index (χ2v) is 4.59. The van der Waals surface area contributed by atoms with E-state index in [1.165, 1.54) is 12.1 Å². The maximum Gasteiger partial charge on any atom is 0.241 e. The zero-order valence-corrected chi connectivity index (χ0v) is 11.2. The quantitative estimate of drug-likeness (QED) is 0.902. The lowest BCUT2D eigenvalue weighted by Crippen LogP contribution is -2.37. The minimum Gasteiger partial charge on any atom is -0.324 e. The first-order valence-corrected chi connectivity index (χ1v) is 6.40. The van der Waals surface area contributed by atoms with Crippen molar-refractivity contribution in [2.75, 3.05) is 5.32 Å². The number of halogens is 1. The molecule has 21 heavy (non-hydrogen) atoms. The molecule has 2 aromatic rings.